The summed E-state index contributed by atoms with van der Waals surface area (Å²) in [6.45, 7) is 2.55. The van der Waals surface area contributed by atoms with E-state index in [1.54, 1.807) is 12.1 Å². The molecular formula is C11H12F2N2O2. The topological polar surface area (TPSA) is 42.5 Å². The fourth-order valence-electron chi connectivity index (χ4n) is 2.07. The molecule has 0 spiro atoms. The molecule has 92 valence electrons. The van der Waals surface area contributed by atoms with Gasteiger partial charge in [0.1, 0.15) is 0 Å². The molecule has 1 saturated heterocycles. The van der Waals surface area contributed by atoms with Crippen LogP contribution in [0, 0.1) is 0 Å². The van der Waals surface area contributed by atoms with E-state index in [4.69, 9.17) is 0 Å². The highest BCUT2D eigenvalue weighted by molar-refractivity contribution is 5.46. The maximum atomic E-state index is 12.8. The van der Waals surface area contributed by atoms with E-state index >= 15 is 0 Å². The van der Waals surface area contributed by atoms with Gasteiger partial charge in [-0.15, -0.1) is 8.78 Å². The summed E-state index contributed by atoms with van der Waals surface area (Å²) in [4.78, 5) is 0. The highest BCUT2D eigenvalue weighted by Crippen LogP contribution is 2.41. The fraction of sp³-hybridized carbons (Fsp3) is 0.455. The van der Waals surface area contributed by atoms with E-state index in [0.717, 1.165) is 25.2 Å². The number of ether oxygens (including phenoxy) is 2. The Balaban J connectivity index is 1.85. The minimum Gasteiger partial charge on any atom is -0.395 e. The van der Waals surface area contributed by atoms with Crippen molar-refractivity contribution in [1.29, 1.82) is 0 Å². The van der Waals surface area contributed by atoms with Crippen molar-refractivity contribution in [2.24, 2.45) is 0 Å². The summed E-state index contributed by atoms with van der Waals surface area (Å²) in [5, 5.41) is 6.54. The Hall–Kier alpha value is -1.40. The molecule has 1 aromatic rings. The standard InChI is InChI=1S/C11H12F2N2O2/c12-11(13)16-9-2-1-7(5-10(9)17-11)8-6-14-3-4-15-8/h1-2,5,8,14-15H,3-4,6H2/t8-/m0/s1. The zero-order chi connectivity index (χ0) is 11.9. The van der Waals surface area contributed by atoms with Crippen molar-refractivity contribution in [3.63, 3.8) is 0 Å². The lowest BCUT2D eigenvalue weighted by Crippen LogP contribution is -2.42. The Bertz CT molecular complexity index is 433. The van der Waals surface area contributed by atoms with Gasteiger partial charge in [-0.05, 0) is 17.7 Å². The number of piperazine rings is 1. The van der Waals surface area contributed by atoms with Crippen molar-refractivity contribution in [1.82, 2.24) is 10.6 Å². The molecule has 1 atom stereocenters. The van der Waals surface area contributed by atoms with Crippen LogP contribution in [0.5, 0.6) is 11.5 Å². The number of fused-ring (bicyclic) bond motifs is 1. The highest BCUT2D eigenvalue weighted by atomic mass is 19.3. The van der Waals surface area contributed by atoms with Gasteiger partial charge in [0.15, 0.2) is 11.5 Å². The van der Waals surface area contributed by atoms with Crippen molar-refractivity contribution < 1.29 is 18.3 Å². The van der Waals surface area contributed by atoms with Crippen LogP contribution >= 0.6 is 0 Å². The number of halogens is 2. The smallest absolute Gasteiger partial charge is 0.395 e. The summed E-state index contributed by atoms with van der Waals surface area (Å²) >= 11 is 0. The lowest BCUT2D eigenvalue weighted by atomic mass is 10.0. The Morgan fingerprint density at radius 1 is 1.18 bits per heavy atom. The largest absolute Gasteiger partial charge is 0.586 e. The molecule has 17 heavy (non-hydrogen) atoms. The second-order valence-corrected chi connectivity index (χ2v) is 4.08. The molecular weight excluding hydrogens is 230 g/mol. The van der Waals surface area contributed by atoms with Crippen LogP contribution in [0.25, 0.3) is 0 Å². The molecule has 0 unspecified atom stereocenters. The first-order valence-corrected chi connectivity index (χ1v) is 5.48. The summed E-state index contributed by atoms with van der Waals surface area (Å²) in [7, 11) is 0. The molecule has 2 N–H and O–H groups in total. The molecule has 1 aromatic carbocycles. The van der Waals surface area contributed by atoms with Crippen LogP contribution in [-0.2, 0) is 0 Å². The molecule has 2 heterocycles. The molecule has 0 amide bonds. The molecule has 3 rings (SSSR count). The van der Waals surface area contributed by atoms with Gasteiger partial charge < -0.3 is 20.1 Å². The Morgan fingerprint density at radius 2 is 2.00 bits per heavy atom. The maximum Gasteiger partial charge on any atom is 0.586 e. The van der Waals surface area contributed by atoms with Gasteiger partial charge in [0.05, 0.1) is 0 Å². The van der Waals surface area contributed by atoms with Gasteiger partial charge >= 0.3 is 6.29 Å². The average molecular weight is 242 g/mol. The molecule has 2 aliphatic rings. The second-order valence-electron chi connectivity index (χ2n) is 4.08. The van der Waals surface area contributed by atoms with Gasteiger partial charge in [0.25, 0.3) is 0 Å². The predicted molar refractivity (Wildman–Crippen MR) is 56.3 cm³/mol. The number of alkyl halides is 2. The fourth-order valence-corrected chi connectivity index (χ4v) is 2.07. The SMILES string of the molecule is FC1(F)Oc2ccc([C@@H]3CNCCN3)cc2O1. The van der Waals surface area contributed by atoms with Crippen molar-refractivity contribution >= 4 is 0 Å². The Kier molecular flexibility index (Phi) is 2.41. The third kappa shape index (κ3) is 2.05. The van der Waals surface area contributed by atoms with E-state index in [2.05, 4.69) is 20.1 Å². The molecule has 0 saturated carbocycles. The van der Waals surface area contributed by atoms with Crippen LogP contribution in [0.3, 0.4) is 0 Å². The maximum absolute atomic E-state index is 12.8. The Morgan fingerprint density at radius 3 is 2.76 bits per heavy atom. The van der Waals surface area contributed by atoms with Crippen LogP contribution in [0.15, 0.2) is 18.2 Å². The van der Waals surface area contributed by atoms with E-state index in [1.165, 1.54) is 6.07 Å². The van der Waals surface area contributed by atoms with E-state index in [0.29, 0.717) is 0 Å². The van der Waals surface area contributed by atoms with Crippen LogP contribution in [-0.4, -0.2) is 25.9 Å². The molecule has 0 aromatic heterocycles. The monoisotopic (exact) mass is 242 g/mol. The van der Waals surface area contributed by atoms with Crippen molar-refractivity contribution in [3.05, 3.63) is 23.8 Å². The zero-order valence-corrected chi connectivity index (χ0v) is 9.00. The molecule has 0 radical (unpaired) electrons. The molecule has 1 fully saturated rings. The summed E-state index contributed by atoms with van der Waals surface area (Å²) < 4.78 is 34.4. The highest BCUT2D eigenvalue weighted by Gasteiger charge is 2.43. The van der Waals surface area contributed by atoms with Gasteiger partial charge in [-0.1, -0.05) is 6.07 Å². The van der Waals surface area contributed by atoms with Gasteiger partial charge in [-0.25, -0.2) is 0 Å². The van der Waals surface area contributed by atoms with Gasteiger partial charge in [-0.3, -0.25) is 0 Å². The van der Waals surface area contributed by atoms with Gasteiger partial charge in [0.2, 0.25) is 0 Å². The minimum absolute atomic E-state index is 0.0857. The van der Waals surface area contributed by atoms with Crippen LogP contribution < -0.4 is 20.1 Å². The van der Waals surface area contributed by atoms with Gasteiger partial charge in [-0.2, -0.15) is 0 Å². The molecule has 2 aliphatic heterocycles. The summed E-state index contributed by atoms with van der Waals surface area (Å²) in [6.07, 6.45) is -3.54. The molecule has 0 aliphatic carbocycles. The quantitative estimate of drug-likeness (QED) is 0.777. The number of hydrogen-bond acceptors (Lipinski definition) is 4. The number of nitrogens with one attached hydrogen (secondary N) is 2. The van der Waals surface area contributed by atoms with Crippen LogP contribution in [0.1, 0.15) is 11.6 Å². The predicted octanol–water partition coefficient (Wildman–Crippen LogP) is 1.24. The summed E-state index contributed by atoms with van der Waals surface area (Å²) in [5.41, 5.74) is 0.914. The zero-order valence-electron chi connectivity index (χ0n) is 9.00. The third-order valence-electron chi connectivity index (χ3n) is 2.87. The van der Waals surface area contributed by atoms with E-state index in [9.17, 15) is 8.78 Å². The van der Waals surface area contributed by atoms with E-state index in [-0.39, 0.29) is 17.5 Å². The summed E-state index contributed by atoms with van der Waals surface area (Å²) in [5.74, 6) is 0.183. The first-order valence-electron chi connectivity index (χ1n) is 5.48. The van der Waals surface area contributed by atoms with Crippen molar-refractivity contribution in [2.75, 3.05) is 19.6 Å². The normalized spacial score (nSPS) is 25.9. The Labute approximate surface area is 96.9 Å². The van der Waals surface area contributed by atoms with Gasteiger partial charge in [0, 0.05) is 25.7 Å². The molecule has 0 bridgehead atoms. The van der Waals surface area contributed by atoms with Crippen molar-refractivity contribution in [2.45, 2.75) is 12.3 Å². The van der Waals surface area contributed by atoms with Crippen molar-refractivity contribution in [3.8, 4) is 11.5 Å². The second kappa shape index (κ2) is 3.82. The first kappa shape index (κ1) is 10.7. The van der Waals surface area contributed by atoms with E-state index in [1.807, 2.05) is 0 Å². The van der Waals surface area contributed by atoms with E-state index < -0.39 is 6.29 Å². The number of hydrogen-bond donors (Lipinski definition) is 2. The number of benzene rings is 1. The summed E-state index contributed by atoms with van der Waals surface area (Å²) in [6, 6.07) is 5.00. The van der Waals surface area contributed by atoms with Crippen LogP contribution in [0.4, 0.5) is 8.78 Å². The first-order chi connectivity index (χ1) is 8.14. The lowest BCUT2D eigenvalue weighted by Gasteiger charge is -2.24. The van der Waals surface area contributed by atoms with Crippen LogP contribution in [0.2, 0.25) is 0 Å². The third-order valence-corrected chi connectivity index (χ3v) is 2.87. The minimum atomic E-state index is -3.54. The lowest BCUT2D eigenvalue weighted by molar-refractivity contribution is -0.286. The number of rotatable bonds is 1. The molecule has 4 nitrogen and oxygen atoms in total. The molecule has 6 heteroatoms. The average Bonchev–Trinajstić information content (AvgIpc) is 2.63.